The van der Waals surface area contributed by atoms with E-state index >= 15 is 0 Å². The minimum atomic E-state index is -0.546. The van der Waals surface area contributed by atoms with E-state index in [4.69, 9.17) is 14.2 Å². The van der Waals surface area contributed by atoms with Gasteiger partial charge in [-0.1, -0.05) is 236 Å². The van der Waals surface area contributed by atoms with Crippen LogP contribution in [0.1, 0.15) is 278 Å². The lowest BCUT2D eigenvalue weighted by molar-refractivity contribution is -0.163. The Labute approximate surface area is 386 Å². The number of esters is 2. The number of rotatable bonds is 50. The molecule has 0 aromatic carbocycles. The summed E-state index contributed by atoms with van der Waals surface area (Å²) in [6.45, 7) is 7.74. The third kappa shape index (κ3) is 50.5. The van der Waals surface area contributed by atoms with Gasteiger partial charge < -0.3 is 14.2 Å². The molecule has 1 atom stereocenters. The van der Waals surface area contributed by atoms with Crippen molar-refractivity contribution in [1.29, 1.82) is 0 Å². The van der Waals surface area contributed by atoms with Crippen molar-refractivity contribution in [2.24, 2.45) is 0 Å². The normalized spacial score (nSPS) is 12.5. The summed E-state index contributed by atoms with van der Waals surface area (Å²) in [5.41, 5.74) is 0. The number of hydrogen-bond donors (Lipinski definition) is 0. The summed E-state index contributed by atoms with van der Waals surface area (Å²) >= 11 is 0. The smallest absolute Gasteiger partial charge is 0.306 e. The maximum atomic E-state index is 12.8. The average molecular weight is 869 g/mol. The van der Waals surface area contributed by atoms with Gasteiger partial charge in [0, 0.05) is 19.4 Å². The maximum absolute atomic E-state index is 12.8. The highest BCUT2D eigenvalue weighted by Crippen LogP contribution is 2.16. The number of allylic oxidation sites excluding steroid dienone is 8. The SMILES string of the molecule is CCC/C=C\C/C=C\CCCCCCCC(=O)OC(COCCCCCCCC/C=C\C/C=C\CCCCC)COC(=O)CCCCCCCCCCCCCCCCCCC. The molecular formula is C57H104O5. The van der Waals surface area contributed by atoms with Crippen molar-refractivity contribution in [3.05, 3.63) is 48.6 Å². The van der Waals surface area contributed by atoms with Crippen LogP contribution in [0, 0.1) is 0 Å². The Balaban J connectivity index is 4.25. The van der Waals surface area contributed by atoms with Gasteiger partial charge in [-0.3, -0.25) is 9.59 Å². The van der Waals surface area contributed by atoms with Crippen molar-refractivity contribution in [1.82, 2.24) is 0 Å². The second-order valence-corrected chi connectivity index (χ2v) is 18.1. The first kappa shape index (κ1) is 59.9. The van der Waals surface area contributed by atoms with Gasteiger partial charge in [-0.05, 0) is 77.0 Å². The third-order valence-electron chi connectivity index (χ3n) is 11.8. The number of carbonyl (C=O) groups is 2. The summed E-state index contributed by atoms with van der Waals surface area (Å²) in [6, 6.07) is 0. The summed E-state index contributed by atoms with van der Waals surface area (Å²) in [5, 5.41) is 0. The van der Waals surface area contributed by atoms with E-state index in [2.05, 4.69) is 69.4 Å². The Morgan fingerprint density at radius 3 is 1.16 bits per heavy atom. The van der Waals surface area contributed by atoms with Crippen molar-refractivity contribution >= 4 is 11.9 Å². The molecule has 0 bridgehead atoms. The van der Waals surface area contributed by atoms with Crippen LogP contribution in [-0.4, -0.2) is 37.9 Å². The summed E-state index contributed by atoms with van der Waals surface area (Å²) < 4.78 is 17.4. The predicted octanol–water partition coefficient (Wildman–Crippen LogP) is 18.3. The molecule has 0 saturated heterocycles. The van der Waals surface area contributed by atoms with Gasteiger partial charge in [0.1, 0.15) is 6.61 Å². The minimum Gasteiger partial charge on any atom is -0.462 e. The Kier molecular flexibility index (Phi) is 51.4. The molecule has 362 valence electrons. The number of ether oxygens (including phenoxy) is 3. The molecule has 0 spiro atoms. The van der Waals surface area contributed by atoms with Crippen LogP contribution in [0.2, 0.25) is 0 Å². The van der Waals surface area contributed by atoms with Crippen molar-refractivity contribution in [2.75, 3.05) is 19.8 Å². The van der Waals surface area contributed by atoms with Crippen LogP contribution in [0.15, 0.2) is 48.6 Å². The molecule has 0 saturated carbocycles. The van der Waals surface area contributed by atoms with E-state index in [0.717, 1.165) is 64.2 Å². The fourth-order valence-electron chi connectivity index (χ4n) is 7.76. The molecule has 0 heterocycles. The minimum absolute atomic E-state index is 0.0785. The van der Waals surface area contributed by atoms with Crippen molar-refractivity contribution in [3.8, 4) is 0 Å². The molecule has 1 unspecified atom stereocenters. The van der Waals surface area contributed by atoms with Gasteiger partial charge in [0.15, 0.2) is 6.10 Å². The zero-order chi connectivity index (χ0) is 44.9. The standard InChI is InChI=1S/C57H104O5/c1-4-7-10-13-16-19-22-25-27-29-30-33-35-38-41-44-47-50-56(58)61-54-55(62-57(59)51-48-45-42-39-36-32-24-21-18-15-12-9-6-3)53-60-52-49-46-43-40-37-34-31-28-26-23-20-17-14-11-8-5-2/h12,15,17,20-21,24,26,28,55H,4-11,13-14,16,18-19,22-23,25,27,29-54H2,1-3H3/b15-12-,20-17-,24-21-,28-26-. The highest BCUT2D eigenvalue weighted by atomic mass is 16.6. The van der Waals surface area contributed by atoms with Gasteiger partial charge in [0.2, 0.25) is 0 Å². The summed E-state index contributed by atoms with van der Waals surface area (Å²) in [4.78, 5) is 25.4. The highest BCUT2D eigenvalue weighted by Gasteiger charge is 2.17. The van der Waals surface area contributed by atoms with Crippen LogP contribution in [0.25, 0.3) is 0 Å². The second kappa shape index (κ2) is 53.2. The lowest BCUT2D eigenvalue weighted by atomic mass is 10.0. The Morgan fingerprint density at radius 2 is 0.710 bits per heavy atom. The molecule has 0 aliphatic rings. The summed E-state index contributed by atoms with van der Waals surface area (Å²) in [6.07, 6.45) is 65.5. The van der Waals surface area contributed by atoms with Crippen LogP contribution in [-0.2, 0) is 23.8 Å². The van der Waals surface area contributed by atoms with Gasteiger partial charge in [-0.25, -0.2) is 0 Å². The molecule has 0 amide bonds. The molecule has 0 aliphatic heterocycles. The first-order chi connectivity index (χ1) is 30.6. The van der Waals surface area contributed by atoms with Crippen LogP contribution in [0.4, 0.5) is 0 Å². The third-order valence-corrected chi connectivity index (χ3v) is 11.8. The molecule has 0 N–H and O–H groups in total. The first-order valence-electron chi connectivity index (χ1n) is 27.2. The lowest BCUT2D eigenvalue weighted by Crippen LogP contribution is -2.30. The molecule has 0 fully saturated rings. The number of hydrogen-bond acceptors (Lipinski definition) is 5. The van der Waals surface area contributed by atoms with Crippen LogP contribution in [0.3, 0.4) is 0 Å². The van der Waals surface area contributed by atoms with E-state index in [-0.39, 0.29) is 25.2 Å². The van der Waals surface area contributed by atoms with E-state index in [1.807, 2.05) is 0 Å². The largest absolute Gasteiger partial charge is 0.462 e. The molecule has 62 heavy (non-hydrogen) atoms. The topological polar surface area (TPSA) is 61.8 Å². The summed E-state index contributed by atoms with van der Waals surface area (Å²) in [5.74, 6) is -0.407. The zero-order valence-corrected chi connectivity index (χ0v) is 41.6. The molecule has 5 heteroatoms. The Morgan fingerprint density at radius 1 is 0.355 bits per heavy atom. The second-order valence-electron chi connectivity index (χ2n) is 18.1. The van der Waals surface area contributed by atoms with Crippen molar-refractivity contribution in [2.45, 2.75) is 284 Å². The van der Waals surface area contributed by atoms with Crippen molar-refractivity contribution < 1.29 is 23.8 Å². The van der Waals surface area contributed by atoms with Gasteiger partial charge in [-0.2, -0.15) is 0 Å². The fourth-order valence-corrected chi connectivity index (χ4v) is 7.76. The quantitative estimate of drug-likeness (QED) is 0.0346. The first-order valence-corrected chi connectivity index (χ1v) is 27.2. The van der Waals surface area contributed by atoms with Crippen LogP contribution >= 0.6 is 0 Å². The molecule has 0 aliphatic carbocycles. The maximum Gasteiger partial charge on any atom is 0.306 e. The monoisotopic (exact) mass is 869 g/mol. The van der Waals surface area contributed by atoms with E-state index in [1.165, 1.54) is 180 Å². The lowest BCUT2D eigenvalue weighted by Gasteiger charge is -2.18. The van der Waals surface area contributed by atoms with Crippen molar-refractivity contribution in [3.63, 3.8) is 0 Å². The number of carbonyl (C=O) groups excluding carboxylic acids is 2. The highest BCUT2D eigenvalue weighted by molar-refractivity contribution is 5.70. The Bertz CT molecular complexity index is 1030. The predicted molar refractivity (Wildman–Crippen MR) is 270 cm³/mol. The molecule has 0 aromatic rings. The molecular weight excluding hydrogens is 765 g/mol. The molecule has 0 rings (SSSR count). The van der Waals surface area contributed by atoms with Gasteiger partial charge in [0.25, 0.3) is 0 Å². The molecule has 0 aromatic heterocycles. The summed E-state index contributed by atoms with van der Waals surface area (Å²) in [7, 11) is 0. The Hall–Kier alpha value is -2.14. The van der Waals surface area contributed by atoms with Gasteiger partial charge in [0.05, 0.1) is 6.61 Å². The fraction of sp³-hybridized carbons (Fsp3) is 0.825. The van der Waals surface area contributed by atoms with E-state index in [9.17, 15) is 9.59 Å². The van der Waals surface area contributed by atoms with E-state index in [0.29, 0.717) is 19.4 Å². The van der Waals surface area contributed by atoms with Gasteiger partial charge in [-0.15, -0.1) is 0 Å². The number of unbranched alkanes of at least 4 members (excludes halogenated alkanes) is 31. The molecule has 5 nitrogen and oxygen atoms in total. The average Bonchev–Trinajstić information content (AvgIpc) is 3.27. The van der Waals surface area contributed by atoms with Crippen LogP contribution in [0.5, 0.6) is 0 Å². The van der Waals surface area contributed by atoms with E-state index < -0.39 is 6.10 Å². The zero-order valence-electron chi connectivity index (χ0n) is 41.6. The van der Waals surface area contributed by atoms with Gasteiger partial charge >= 0.3 is 11.9 Å². The van der Waals surface area contributed by atoms with Crippen LogP contribution < -0.4 is 0 Å². The van der Waals surface area contributed by atoms with E-state index in [1.54, 1.807) is 0 Å². The molecule has 0 radical (unpaired) electrons.